The van der Waals surface area contributed by atoms with Crippen molar-refractivity contribution < 1.29 is 0 Å². The van der Waals surface area contributed by atoms with Crippen LogP contribution in [0.25, 0.3) is 0 Å². The van der Waals surface area contributed by atoms with E-state index in [2.05, 4.69) is 55.3 Å². The van der Waals surface area contributed by atoms with E-state index in [9.17, 15) is 0 Å². The lowest BCUT2D eigenvalue weighted by atomic mass is 9.86. The van der Waals surface area contributed by atoms with Crippen LogP contribution in [0.1, 0.15) is 32.8 Å². The molecule has 0 saturated heterocycles. The van der Waals surface area contributed by atoms with Gasteiger partial charge in [-0.1, -0.05) is 51.1 Å². The van der Waals surface area contributed by atoms with Crippen LogP contribution in [0.2, 0.25) is 0 Å². The molecule has 3 nitrogen and oxygen atoms in total. The van der Waals surface area contributed by atoms with Crippen LogP contribution in [0.3, 0.4) is 0 Å². The van der Waals surface area contributed by atoms with Gasteiger partial charge in [0.2, 0.25) is 0 Å². The highest BCUT2D eigenvalue weighted by Gasteiger charge is 2.18. The predicted molar refractivity (Wildman–Crippen MR) is 94.1 cm³/mol. The van der Waals surface area contributed by atoms with Gasteiger partial charge in [-0.2, -0.15) is 0 Å². The summed E-state index contributed by atoms with van der Waals surface area (Å²) in [6.45, 7) is 8.17. The largest absolute Gasteiger partial charge is 0.370 e. The van der Waals surface area contributed by atoms with E-state index in [4.69, 9.17) is 5.73 Å². The molecule has 0 spiro atoms. The number of aliphatic imine (C=N–C) groups is 1. The maximum absolute atomic E-state index is 5.80. The van der Waals surface area contributed by atoms with E-state index < -0.39 is 0 Å². The normalized spacial score (nSPS) is 11.8. The molecule has 19 heavy (non-hydrogen) atoms. The lowest BCUT2D eigenvalue weighted by molar-refractivity contribution is 0.377. The van der Waals surface area contributed by atoms with Crippen LogP contribution < -0.4 is 11.1 Å². The first-order valence-electron chi connectivity index (χ1n) is 6.61. The molecule has 0 aliphatic rings. The standard InChI is InChI=1S/C15H25N3.HI/c1-4-10-17-14(16)18-12-15(2,3)11-13-8-6-5-7-9-13;/h5-9H,4,10-12H2,1-3H3,(H3,16,17,18);1H. The molecule has 0 heterocycles. The number of benzene rings is 1. The van der Waals surface area contributed by atoms with Crippen molar-refractivity contribution in [2.24, 2.45) is 16.1 Å². The Morgan fingerprint density at radius 3 is 2.47 bits per heavy atom. The van der Waals surface area contributed by atoms with Crippen molar-refractivity contribution in [2.75, 3.05) is 13.1 Å². The zero-order valence-corrected chi connectivity index (χ0v) is 14.5. The number of hydrogen-bond acceptors (Lipinski definition) is 1. The number of hydrogen-bond donors (Lipinski definition) is 2. The Balaban J connectivity index is 0.00000324. The number of guanidine groups is 1. The Bertz CT molecular complexity index is 374. The fourth-order valence-corrected chi connectivity index (χ4v) is 1.81. The molecule has 0 unspecified atom stereocenters. The van der Waals surface area contributed by atoms with Crippen LogP contribution >= 0.6 is 24.0 Å². The summed E-state index contributed by atoms with van der Waals surface area (Å²) in [6.07, 6.45) is 2.07. The zero-order valence-electron chi connectivity index (χ0n) is 12.1. The summed E-state index contributed by atoms with van der Waals surface area (Å²) in [4.78, 5) is 4.41. The molecule has 1 aromatic carbocycles. The number of halogens is 1. The highest BCUT2D eigenvalue weighted by atomic mass is 127. The fraction of sp³-hybridized carbons (Fsp3) is 0.533. The molecule has 0 atom stereocenters. The number of nitrogens with two attached hydrogens (primary N) is 1. The number of rotatable bonds is 6. The first kappa shape index (κ1) is 18.2. The summed E-state index contributed by atoms with van der Waals surface area (Å²) in [5, 5.41) is 3.10. The quantitative estimate of drug-likeness (QED) is 0.456. The molecule has 0 aromatic heterocycles. The molecule has 4 heteroatoms. The number of nitrogens with one attached hydrogen (secondary N) is 1. The Hall–Kier alpha value is -0.780. The third-order valence-corrected chi connectivity index (χ3v) is 2.76. The average Bonchev–Trinajstić information content (AvgIpc) is 2.35. The van der Waals surface area contributed by atoms with Gasteiger partial charge in [0.15, 0.2) is 5.96 Å². The van der Waals surface area contributed by atoms with Gasteiger partial charge in [0.05, 0.1) is 0 Å². The molecular weight excluding hydrogens is 349 g/mol. The Labute approximate surface area is 134 Å². The van der Waals surface area contributed by atoms with Crippen molar-refractivity contribution >= 4 is 29.9 Å². The van der Waals surface area contributed by atoms with E-state index in [1.54, 1.807) is 0 Å². The smallest absolute Gasteiger partial charge is 0.188 e. The van der Waals surface area contributed by atoms with E-state index in [0.717, 1.165) is 25.9 Å². The lowest BCUT2D eigenvalue weighted by Crippen LogP contribution is -2.33. The van der Waals surface area contributed by atoms with Crippen LogP contribution in [0.15, 0.2) is 35.3 Å². The second-order valence-corrected chi connectivity index (χ2v) is 5.45. The molecule has 1 rings (SSSR count). The molecule has 0 fully saturated rings. The molecule has 0 radical (unpaired) electrons. The van der Waals surface area contributed by atoms with Crippen molar-refractivity contribution in [1.82, 2.24) is 5.32 Å². The predicted octanol–water partition coefficient (Wildman–Crippen LogP) is 3.19. The Kier molecular flexibility index (Phi) is 8.80. The summed E-state index contributed by atoms with van der Waals surface area (Å²) in [7, 11) is 0. The molecule has 3 N–H and O–H groups in total. The van der Waals surface area contributed by atoms with Crippen LogP contribution in [0.4, 0.5) is 0 Å². The highest BCUT2D eigenvalue weighted by Crippen LogP contribution is 2.21. The van der Waals surface area contributed by atoms with Crippen LogP contribution in [-0.4, -0.2) is 19.0 Å². The van der Waals surface area contributed by atoms with Crippen molar-refractivity contribution in [3.8, 4) is 0 Å². The SMILES string of the molecule is CCCNC(N)=NCC(C)(C)Cc1ccccc1.I. The van der Waals surface area contributed by atoms with Gasteiger partial charge in [-0.3, -0.25) is 4.99 Å². The Morgan fingerprint density at radius 2 is 1.89 bits per heavy atom. The average molecular weight is 375 g/mol. The van der Waals surface area contributed by atoms with Crippen molar-refractivity contribution in [3.63, 3.8) is 0 Å². The monoisotopic (exact) mass is 375 g/mol. The van der Waals surface area contributed by atoms with E-state index in [-0.39, 0.29) is 29.4 Å². The van der Waals surface area contributed by atoms with Gasteiger partial charge in [-0.25, -0.2) is 0 Å². The third kappa shape index (κ3) is 8.08. The first-order valence-corrected chi connectivity index (χ1v) is 6.61. The second kappa shape index (κ2) is 9.18. The molecule has 0 aliphatic heterocycles. The van der Waals surface area contributed by atoms with E-state index in [1.807, 2.05) is 6.07 Å². The van der Waals surface area contributed by atoms with Crippen LogP contribution in [-0.2, 0) is 6.42 Å². The molecule has 108 valence electrons. The van der Waals surface area contributed by atoms with Gasteiger partial charge >= 0.3 is 0 Å². The van der Waals surface area contributed by atoms with Crippen molar-refractivity contribution in [3.05, 3.63) is 35.9 Å². The summed E-state index contributed by atoms with van der Waals surface area (Å²) in [6, 6.07) is 10.5. The third-order valence-electron chi connectivity index (χ3n) is 2.76. The minimum Gasteiger partial charge on any atom is -0.370 e. The van der Waals surface area contributed by atoms with Crippen molar-refractivity contribution in [2.45, 2.75) is 33.6 Å². The minimum atomic E-state index is 0. The molecule has 0 amide bonds. The van der Waals surface area contributed by atoms with Crippen LogP contribution in [0, 0.1) is 5.41 Å². The summed E-state index contributed by atoms with van der Waals surface area (Å²) < 4.78 is 0. The zero-order chi connectivity index (χ0) is 13.4. The molecule has 0 aliphatic carbocycles. The van der Waals surface area contributed by atoms with Gasteiger partial charge in [-0.15, -0.1) is 24.0 Å². The molecule has 0 saturated carbocycles. The number of nitrogens with zero attached hydrogens (tertiary/aromatic N) is 1. The van der Waals surface area contributed by atoms with Gasteiger partial charge in [0.25, 0.3) is 0 Å². The van der Waals surface area contributed by atoms with E-state index >= 15 is 0 Å². The van der Waals surface area contributed by atoms with E-state index in [0.29, 0.717) is 5.96 Å². The summed E-state index contributed by atoms with van der Waals surface area (Å²) >= 11 is 0. The Morgan fingerprint density at radius 1 is 1.26 bits per heavy atom. The molecular formula is C15H26IN3. The van der Waals surface area contributed by atoms with Gasteiger partial charge in [-0.05, 0) is 23.8 Å². The van der Waals surface area contributed by atoms with Gasteiger partial charge < -0.3 is 11.1 Å². The maximum Gasteiger partial charge on any atom is 0.188 e. The maximum atomic E-state index is 5.80. The van der Waals surface area contributed by atoms with E-state index in [1.165, 1.54) is 5.56 Å². The summed E-state index contributed by atoms with van der Waals surface area (Å²) in [5.74, 6) is 0.554. The highest BCUT2D eigenvalue weighted by molar-refractivity contribution is 14.0. The van der Waals surface area contributed by atoms with Gasteiger partial charge in [0, 0.05) is 13.1 Å². The first-order chi connectivity index (χ1) is 8.53. The second-order valence-electron chi connectivity index (χ2n) is 5.45. The lowest BCUT2D eigenvalue weighted by Gasteiger charge is -2.22. The van der Waals surface area contributed by atoms with Crippen LogP contribution in [0.5, 0.6) is 0 Å². The fourth-order valence-electron chi connectivity index (χ4n) is 1.81. The minimum absolute atomic E-state index is 0. The topological polar surface area (TPSA) is 50.4 Å². The summed E-state index contributed by atoms with van der Waals surface area (Å²) in [5.41, 5.74) is 7.27. The van der Waals surface area contributed by atoms with Gasteiger partial charge in [0.1, 0.15) is 0 Å². The molecule has 1 aromatic rings. The molecule has 0 bridgehead atoms. The van der Waals surface area contributed by atoms with Crippen molar-refractivity contribution in [1.29, 1.82) is 0 Å².